The molecule has 0 aromatic carbocycles. The van der Waals surface area contributed by atoms with Gasteiger partial charge in [-0.05, 0) is 51.6 Å². The summed E-state index contributed by atoms with van der Waals surface area (Å²) in [5.41, 5.74) is 1.03. The van der Waals surface area contributed by atoms with E-state index in [0.717, 1.165) is 19.4 Å². The lowest BCUT2D eigenvalue weighted by Gasteiger charge is -2.48. The van der Waals surface area contributed by atoms with Gasteiger partial charge in [0.2, 0.25) is 5.82 Å². The van der Waals surface area contributed by atoms with Gasteiger partial charge in [0.25, 0.3) is 0 Å². The van der Waals surface area contributed by atoms with Crippen molar-refractivity contribution >= 4 is 11.5 Å². The molecule has 1 aromatic rings. The molecule has 108 valence electrons. The zero-order valence-electron chi connectivity index (χ0n) is 11.7. The topological polar surface area (TPSA) is 80.1 Å². The molecule has 6 heteroatoms. The Hall–Kier alpha value is -1.69. The second kappa shape index (κ2) is 5.01. The van der Waals surface area contributed by atoms with Crippen LogP contribution in [0.5, 0.6) is 0 Å². The van der Waals surface area contributed by atoms with E-state index in [2.05, 4.69) is 15.6 Å². The molecule has 0 bridgehead atoms. The Morgan fingerprint density at radius 2 is 2.35 bits per heavy atom. The Kier molecular flexibility index (Phi) is 3.33. The summed E-state index contributed by atoms with van der Waals surface area (Å²) >= 11 is 0. The Balaban J connectivity index is 1.77. The largest absolute Gasteiger partial charge is 0.361 e. The minimum atomic E-state index is -0.342. The van der Waals surface area contributed by atoms with Gasteiger partial charge in [-0.3, -0.25) is 10.1 Å². The van der Waals surface area contributed by atoms with Crippen LogP contribution in [0, 0.1) is 17.0 Å². The Morgan fingerprint density at radius 3 is 3.00 bits per heavy atom. The highest BCUT2D eigenvalue weighted by Gasteiger charge is 2.41. The monoisotopic (exact) mass is 276 g/mol. The average molecular weight is 276 g/mol. The molecule has 1 aliphatic heterocycles. The number of nitrogens with zero attached hydrogens (tertiary/aromatic N) is 2. The van der Waals surface area contributed by atoms with Crippen LogP contribution in [0.4, 0.5) is 11.5 Å². The summed E-state index contributed by atoms with van der Waals surface area (Å²) in [6.45, 7) is 2.72. The molecule has 6 nitrogen and oxygen atoms in total. The Morgan fingerprint density at radius 1 is 1.55 bits per heavy atom. The number of pyridine rings is 1. The first-order valence-corrected chi connectivity index (χ1v) is 7.21. The molecule has 2 N–H and O–H groups in total. The lowest BCUT2D eigenvalue weighted by atomic mass is 9.70. The van der Waals surface area contributed by atoms with Gasteiger partial charge < -0.3 is 10.6 Å². The minimum absolute atomic E-state index is 0.105. The fraction of sp³-hybridized carbons (Fsp3) is 0.643. The molecule has 1 aromatic heterocycles. The SMILES string of the molecule is Cc1ccnc(NC2CCNC3(CCC3)C2)c1[N+](=O)[O-]. The zero-order valence-corrected chi connectivity index (χ0v) is 11.7. The van der Waals surface area contributed by atoms with E-state index >= 15 is 0 Å². The van der Waals surface area contributed by atoms with Crippen molar-refractivity contribution in [1.29, 1.82) is 0 Å². The van der Waals surface area contributed by atoms with Crippen molar-refractivity contribution in [2.24, 2.45) is 0 Å². The van der Waals surface area contributed by atoms with Crippen LogP contribution >= 0.6 is 0 Å². The van der Waals surface area contributed by atoms with Crippen molar-refractivity contribution in [3.8, 4) is 0 Å². The van der Waals surface area contributed by atoms with Crippen LogP contribution in [-0.2, 0) is 0 Å². The summed E-state index contributed by atoms with van der Waals surface area (Å²) in [6.07, 6.45) is 7.35. The van der Waals surface area contributed by atoms with E-state index in [1.165, 1.54) is 19.3 Å². The Labute approximate surface area is 118 Å². The maximum Gasteiger partial charge on any atom is 0.314 e. The molecule has 2 heterocycles. The molecule has 20 heavy (non-hydrogen) atoms. The summed E-state index contributed by atoms with van der Waals surface area (Å²) in [4.78, 5) is 15.0. The smallest absolute Gasteiger partial charge is 0.314 e. The van der Waals surface area contributed by atoms with Gasteiger partial charge in [-0.2, -0.15) is 0 Å². The molecule has 0 amide bonds. The number of rotatable bonds is 3. The van der Waals surface area contributed by atoms with Crippen molar-refractivity contribution in [3.63, 3.8) is 0 Å². The zero-order chi connectivity index (χ0) is 14.2. The van der Waals surface area contributed by atoms with Crippen LogP contribution < -0.4 is 10.6 Å². The maximum atomic E-state index is 11.2. The second-order valence-corrected chi connectivity index (χ2v) is 5.98. The van der Waals surface area contributed by atoms with E-state index in [1.807, 2.05) is 0 Å². The van der Waals surface area contributed by atoms with E-state index in [4.69, 9.17) is 0 Å². The predicted molar refractivity (Wildman–Crippen MR) is 76.9 cm³/mol. The van der Waals surface area contributed by atoms with Crippen molar-refractivity contribution in [3.05, 3.63) is 27.9 Å². The number of hydrogen-bond donors (Lipinski definition) is 2. The van der Waals surface area contributed by atoms with Gasteiger partial charge in [0.15, 0.2) is 0 Å². The van der Waals surface area contributed by atoms with Crippen molar-refractivity contribution in [1.82, 2.24) is 10.3 Å². The standard InChI is InChI=1S/C14H20N4O2/c1-10-3-7-15-13(12(10)18(19)20)17-11-4-8-16-14(9-11)5-2-6-14/h3,7,11,16H,2,4-6,8-9H2,1H3,(H,15,17). The van der Waals surface area contributed by atoms with Crippen molar-refractivity contribution in [2.45, 2.75) is 50.6 Å². The van der Waals surface area contributed by atoms with Crippen LogP contribution in [0.25, 0.3) is 0 Å². The first kappa shape index (κ1) is 13.3. The number of aromatic nitrogens is 1. The highest BCUT2D eigenvalue weighted by molar-refractivity contribution is 5.60. The predicted octanol–water partition coefficient (Wildman–Crippen LogP) is 2.38. The molecule has 1 saturated carbocycles. The molecule has 1 atom stereocenters. The van der Waals surface area contributed by atoms with E-state index in [0.29, 0.717) is 11.4 Å². The number of piperidine rings is 1. The van der Waals surface area contributed by atoms with Gasteiger partial charge >= 0.3 is 5.69 Å². The minimum Gasteiger partial charge on any atom is -0.361 e. The van der Waals surface area contributed by atoms with Gasteiger partial charge in [0, 0.05) is 23.3 Å². The number of nitrogens with one attached hydrogen (secondary N) is 2. The summed E-state index contributed by atoms with van der Waals surface area (Å²) in [7, 11) is 0. The summed E-state index contributed by atoms with van der Waals surface area (Å²) in [5.74, 6) is 0.413. The van der Waals surface area contributed by atoms with Crippen LogP contribution in [0.15, 0.2) is 12.3 Å². The highest BCUT2D eigenvalue weighted by atomic mass is 16.6. The molecule has 1 saturated heterocycles. The summed E-state index contributed by atoms with van der Waals surface area (Å²) < 4.78 is 0. The third-order valence-corrected chi connectivity index (χ3v) is 4.59. The van der Waals surface area contributed by atoms with Crippen LogP contribution in [-0.4, -0.2) is 28.0 Å². The first-order chi connectivity index (χ1) is 9.60. The van der Waals surface area contributed by atoms with Crippen LogP contribution in [0.3, 0.4) is 0 Å². The van der Waals surface area contributed by atoms with Gasteiger partial charge in [0.1, 0.15) is 0 Å². The van der Waals surface area contributed by atoms with E-state index < -0.39 is 0 Å². The van der Waals surface area contributed by atoms with E-state index in [-0.39, 0.29) is 22.2 Å². The van der Waals surface area contributed by atoms with Crippen LogP contribution in [0.1, 0.15) is 37.7 Å². The molecular weight excluding hydrogens is 256 g/mol. The lowest BCUT2D eigenvalue weighted by molar-refractivity contribution is -0.384. The average Bonchev–Trinajstić information content (AvgIpc) is 2.37. The van der Waals surface area contributed by atoms with Crippen LogP contribution in [0.2, 0.25) is 0 Å². The molecule has 2 fully saturated rings. The third kappa shape index (κ3) is 2.35. The van der Waals surface area contributed by atoms with Gasteiger partial charge in [0.05, 0.1) is 4.92 Å². The van der Waals surface area contributed by atoms with Crippen molar-refractivity contribution in [2.75, 3.05) is 11.9 Å². The quantitative estimate of drug-likeness (QED) is 0.654. The second-order valence-electron chi connectivity index (χ2n) is 5.98. The van der Waals surface area contributed by atoms with Gasteiger partial charge in [-0.25, -0.2) is 4.98 Å². The molecular formula is C14H20N4O2. The van der Waals surface area contributed by atoms with E-state index in [9.17, 15) is 10.1 Å². The highest BCUT2D eigenvalue weighted by Crippen LogP contribution is 2.39. The van der Waals surface area contributed by atoms with Gasteiger partial charge in [-0.15, -0.1) is 0 Å². The maximum absolute atomic E-state index is 11.2. The first-order valence-electron chi connectivity index (χ1n) is 7.21. The number of anilines is 1. The molecule has 3 rings (SSSR count). The third-order valence-electron chi connectivity index (χ3n) is 4.59. The summed E-state index contributed by atoms with van der Waals surface area (Å²) in [5, 5.41) is 18.1. The molecule has 1 unspecified atom stereocenters. The normalized spacial score (nSPS) is 24.1. The number of aryl methyl sites for hydroxylation is 1. The number of nitro groups is 1. The molecule has 2 aliphatic rings. The van der Waals surface area contributed by atoms with Gasteiger partial charge in [-0.1, -0.05) is 0 Å². The lowest BCUT2D eigenvalue weighted by Crippen LogP contribution is -2.58. The van der Waals surface area contributed by atoms with E-state index in [1.54, 1.807) is 19.2 Å². The van der Waals surface area contributed by atoms with Crippen molar-refractivity contribution < 1.29 is 4.92 Å². The molecule has 0 radical (unpaired) electrons. The fourth-order valence-electron chi connectivity index (χ4n) is 3.34. The fourth-order valence-corrected chi connectivity index (χ4v) is 3.34. The Bertz CT molecular complexity index is 528. The molecule has 1 spiro atoms. The number of hydrogen-bond acceptors (Lipinski definition) is 5. The summed E-state index contributed by atoms with van der Waals surface area (Å²) in [6, 6.07) is 1.95. The molecule has 1 aliphatic carbocycles.